The molecule has 2 heterocycles. The summed E-state index contributed by atoms with van der Waals surface area (Å²) in [6, 6.07) is 12.3. The second kappa shape index (κ2) is 15.2. The van der Waals surface area contributed by atoms with Crippen LogP contribution in [0.15, 0.2) is 64.8 Å². The first-order valence-corrected chi connectivity index (χ1v) is 16.8. The summed E-state index contributed by atoms with van der Waals surface area (Å²) in [6.07, 6.45) is -8.74. The number of sulfonamides is 1. The van der Waals surface area contributed by atoms with Gasteiger partial charge >= 0.3 is 18.3 Å². The van der Waals surface area contributed by atoms with Gasteiger partial charge in [-0.1, -0.05) is 29.8 Å². The second-order valence-electron chi connectivity index (χ2n) is 12.3. The van der Waals surface area contributed by atoms with Crippen LogP contribution in [0.1, 0.15) is 51.8 Å². The molecule has 0 radical (unpaired) electrons. The molecule has 1 aromatic heterocycles. The van der Waals surface area contributed by atoms with Gasteiger partial charge in [0.25, 0.3) is 16.3 Å². The molecule has 0 bridgehead atoms. The highest BCUT2D eigenvalue weighted by Gasteiger charge is 2.37. The highest BCUT2D eigenvalue weighted by Crippen LogP contribution is 2.33. The van der Waals surface area contributed by atoms with E-state index in [-0.39, 0.29) is 34.3 Å². The summed E-state index contributed by atoms with van der Waals surface area (Å²) in [4.78, 5) is 40.7. The van der Waals surface area contributed by atoms with Gasteiger partial charge < -0.3 is 19.4 Å². The maximum atomic E-state index is 13.5. The number of carbonyl (C=O) groups is 3. The first-order valence-electron chi connectivity index (χ1n) is 15.3. The lowest BCUT2D eigenvalue weighted by Gasteiger charge is -2.33. The third-order valence-electron chi connectivity index (χ3n) is 6.83. The van der Waals surface area contributed by atoms with E-state index in [1.807, 2.05) is 11.6 Å². The molecule has 2 aromatic carbocycles. The number of nitrogens with one attached hydrogen (secondary N) is 1. The Morgan fingerprint density at radius 2 is 1.69 bits per heavy atom. The molecule has 276 valence electrons. The van der Waals surface area contributed by atoms with E-state index in [9.17, 15) is 41.2 Å². The fraction of sp³-hybridized carbons (Fsp3) is 0.419. The number of benzene rings is 2. The van der Waals surface area contributed by atoms with Crippen molar-refractivity contribution in [1.29, 1.82) is 0 Å². The van der Waals surface area contributed by atoms with E-state index in [2.05, 4.69) is 10.4 Å². The van der Waals surface area contributed by atoms with Crippen LogP contribution < -0.4 is 4.72 Å². The van der Waals surface area contributed by atoms with Gasteiger partial charge in [-0.05, 0) is 58.0 Å². The number of aryl methyl sites for hydroxylation is 1. The van der Waals surface area contributed by atoms with Crippen molar-refractivity contribution < 1.29 is 60.0 Å². The van der Waals surface area contributed by atoms with Gasteiger partial charge in [-0.25, -0.2) is 22.6 Å². The van der Waals surface area contributed by atoms with Gasteiger partial charge in [0.1, 0.15) is 24.8 Å². The number of aromatic nitrogens is 2. The minimum Gasteiger partial charge on any atom is -0.569 e. The number of esters is 1. The monoisotopic (exact) mass is 740 g/mol. The number of hydrazine groups is 1. The zero-order valence-electron chi connectivity index (χ0n) is 28.0. The molecule has 16 nitrogen and oxygen atoms in total. The minimum absolute atomic E-state index is 0.0669. The molecule has 1 atom stereocenters. The number of rotatable bonds is 12. The molecular formula is C31H35F3N6O10S. The average molecular weight is 741 g/mol. The molecule has 0 saturated carbocycles. The molecule has 1 saturated heterocycles. The largest absolute Gasteiger partial charge is 0.569 e. The number of amides is 1. The number of ether oxygens (including phenoxy) is 3. The summed E-state index contributed by atoms with van der Waals surface area (Å²) in [5, 5.41) is 20.1. The fourth-order valence-electron chi connectivity index (χ4n) is 4.35. The topological polar surface area (TPSA) is 194 Å². The van der Waals surface area contributed by atoms with Crippen LogP contribution in [0.4, 0.5) is 18.0 Å². The molecule has 51 heavy (non-hydrogen) atoms. The van der Waals surface area contributed by atoms with Crippen LogP contribution in [0.5, 0.6) is 0 Å². The first kappa shape index (κ1) is 38.4. The molecular weight excluding hydrogens is 705 g/mol. The maximum Gasteiger partial charge on any atom is 0.511 e. The SMILES string of the molecule is Cc1ccc(-c2cc(C(F)(F)F)nn2-c2ccc(S(=O)(=O)NC(=O)CCC(=O)OC3CN([N+]([O-])=NOC(C)OC(=O)OC(C)(C)C)C3)cc2)cc1. The third kappa shape index (κ3) is 10.8. The normalized spacial score (nSPS) is 14.7. The predicted molar refractivity (Wildman–Crippen MR) is 169 cm³/mol. The zero-order chi connectivity index (χ0) is 37.7. The number of hydrogen-bond acceptors (Lipinski definition) is 12. The summed E-state index contributed by atoms with van der Waals surface area (Å²) in [7, 11) is -4.42. The highest BCUT2D eigenvalue weighted by molar-refractivity contribution is 7.90. The Morgan fingerprint density at radius 1 is 1.06 bits per heavy atom. The van der Waals surface area contributed by atoms with Crippen LogP contribution in [-0.4, -0.2) is 77.3 Å². The molecule has 3 aromatic rings. The number of alkyl halides is 3. The summed E-state index contributed by atoms with van der Waals surface area (Å²) in [5.74, 6) is -1.84. The maximum absolute atomic E-state index is 13.5. The van der Waals surface area contributed by atoms with E-state index in [4.69, 9.17) is 19.0 Å². The Bertz CT molecular complexity index is 1870. The van der Waals surface area contributed by atoms with E-state index in [1.165, 1.54) is 19.1 Å². The van der Waals surface area contributed by atoms with E-state index >= 15 is 0 Å². The molecule has 0 spiro atoms. The first-order chi connectivity index (χ1) is 23.7. The summed E-state index contributed by atoms with van der Waals surface area (Å²) < 4.78 is 83.9. The molecule has 1 amide bonds. The highest BCUT2D eigenvalue weighted by atomic mass is 32.2. The summed E-state index contributed by atoms with van der Waals surface area (Å²) in [6.45, 7) is 7.90. The van der Waals surface area contributed by atoms with Gasteiger partial charge in [0.2, 0.25) is 11.2 Å². The van der Waals surface area contributed by atoms with Crippen molar-refractivity contribution in [2.75, 3.05) is 13.1 Å². The fourth-order valence-corrected chi connectivity index (χ4v) is 5.37. The Kier molecular flexibility index (Phi) is 11.5. The molecule has 20 heteroatoms. The van der Waals surface area contributed by atoms with E-state index in [1.54, 1.807) is 45.0 Å². The van der Waals surface area contributed by atoms with Gasteiger partial charge in [0.05, 0.1) is 27.7 Å². The number of carbonyl (C=O) groups excluding carboxylic acids is 3. The van der Waals surface area contributed by atoms with E-state index in [0.29, 0.717) is 5.56 Å². The van der Waals surface area contributed by atoms with Crippen molar-refractivity contribution in [2.45, 2.75) is 76.5 Å². The Labute approximate surface area is 290 Å². The molecule has 1 aliphatic rings. The lowest BCUT2D eigenvalue weighted by Crippen LogP contribution is -2.55. The van der Waals surface area contributed by atoms with Crippen LogP contribution in [-0.2, 0) is 44.8 Å². The molecule has 1 aliphatic heterocycles. The van der Waals surface area contributed by atoms with Gasteiger partial charge in [-0.3, -0.25) is 14.4 Å². The average Bonchev–Trinajstić information content (AvgIpc) is 3.46. The number of halogens is 3. The van der Waals surface area contributed by atoms with Gasteiger partial charge in [-0.2, -0.15) is 18.3 Å². The number of nitrogens with zero attached hydrogens (tertiary/aromatic N) is 5. The van der Waals surface area contributed by atoms with E-state index < -0.39 is 70.8 Å². The van der Waals surface area contributed by atoms with Crippen LogP contribution in [0.2, 0.25) is 0 Å². The van der Waals surface area contributed by atoms with Crippen molar-refractivity contribution >= 4 is 28.1 Å². The van der Waals surface area contributed by atoms with Crippen LogP contribution in [0.25, 0.3) is 16.9 Å². The smallest absolute Gasteiger partial charge is 0.511 e. The third-order valence-corrected chi connectivity index (χ3v) is 8.22. The lowest BCUT2D eigenvalue weighted by molar-refractivity contribution is -0.728. The Balaban J connectivity index is 1.25. The quantitative estimate of drug-likeness (QED) is 0.0879. The van der Waals surface area contributed by atoms with Crippen LogP contribution >= 0.6 is 0 Å². The van der Waals surface area contributed by atoms with E-state index in [0.717, 1.165) is 33.5 Å². The van der Waals surface area contributed by atoms with Crippen molar-refractivity contribution in [3.05, 3.63) is 71.1 Å². The van der Waals surface area contributed by atoms with Crippen molar-refractivity contribution in [2.24, 2.45) is 5.28 Å². The lowest BCUT2D eigenvalue weighted by atomic mass is 10.1. The molecule has 1 N–H and O–H groups in total. The number of hydrogen-bond donors (Lipinski definition) is 1. The Hall–Kier alpha value is -5.40. The summed E-state index contributed by atoms with van der Waals surface area (Å²) in [5.41, 5.74) is -0.333. The molecule has 0 aliphatic carbocycles. The van der Waals surface area contributed by atoms with Crippen LogP contribution in [0.3, 0.4) is 0 Å². The van der Waals surface area contributed by atoms with Gasteiger partial charge in [0, 0.05) is 18.9 Å². The van der Waals surface area contributed by atoms with Crippen molar-refractivity contribution in [1.82, 2.24) is 19.5 Å². The van der Waals surface area contributed by atoms with Crippen molar-refractivity contribution in [3.8, 4) is 16.9 Å². The predicted octanol–water partition coefficient (Wildman–Crippen LogP) is 4.79. The van der Waals surface area contributed by atoms with Crippen molar-refractivity contribution in [3.63, 3.8) is 0 Å². The standard InChI is InChI=1S/C31H35F3N6O10S/c1-19-6-8-21(9-7-19)25-16-26(31(32,33)34)35-39(25)22-10-12-24(13-11-22)51(45,46)36-27(41)14-15-28(42)48-23-17-38(18-23)40(44)37-50-20(2)47-29(43)49-30(3,4)5/h6-13,16,20,23H,14-15,17-18H2,1-5H3,(H,36,41). The second-order valence-corrected chi connectivity index (χ2v) is 14.0. The zero-order valence-corrected chi connectivity index (χ0v) is 28.9. The van der Waals surface area contributed by atoms with Gasteiger partial charge in [0.15, 0.2) is 5.69 Å². The Morgan fingerprint density at radius 3 is 2.27 bits per heavy atom. The summed E-state index contributed by atoms with van der Waals surface area (Å²) >= 11 is 0. The molecule has 1 fully saturated rings. The molecule has 4 rings (SSSR count). The van der Waals surface area contributed by atoms with Gasteiger partial charge in [-0.15, -0.1) is 5.01 Å². The molecule has 1 unspecified atom stereocenters. The van der Waals surface area contributed by atoms with Crippen LogP contribution in [0, 0.1) is 12.1 Å². The minimum atomic E-state index is -4.73.